The second-order valence-corrected chi connectivity index (χ2v) is 9.34. The number of pyridine rings is 1. The summed E-state index contributed by atoms with van der Waals surface area (Å²) in [4.78, 5) is 34.8. The molecule has 2 aliphatic heterocycles. The van der Waals surface area contributed by atoms with Gasteiger partial charge in [-0.2, -0.15) is 5.26 Å². The predicted octanol–water partition coefficient (Wildman–Crippen LogP) is 3.96. The number of halogens is 2. The van der Waals surface area contributed by atoms with E-state index in [-0.39, 0.29) is 35.9 Å². The fraction of sp³-hybridized carbons (Fsp3) is 0.440. The first-order chi connectivity index (χ1) is 16.8. The Hall–Kier alpha value is -3.38. The van der Waals surface area contributed by atoms with E-state index in [1.54, 1.807) is 30.2 Å². The molecule has 0 aliphatic carbocycles. The number of hydrogen-bond acceptors (Lipinski definition) is 5. The molecule has 1 aromatic carbocycles. The van der Waals surface area contributed by atoms with Gasteiger partial charge in [0.2, 0.25) is 5.91 Å². The summed E-state index contributed by atoms with van der Waals surface area (Å²) in [7, 11) is 0. The van der Waals surface area contributed by atoms with Gasteiger partial charge in [-0.3, -0.25) is 4.79 Å². The van der Waals surface area contributed by atoms with Crippen LogP contribution in [0.25, 0.3) is 0 Å². The van der Waals surface area contributed by atoms with Crippen molar-refractivity contribution in [1.29, 1.82) is 5.26 Å². The van der Waals surface area contributed by atoms with Gasteiger partial charge in [0, 0.05) is 50.8 Å². The number of carbonyl (C=O) groups excluding carboxylic acids is 1. The fourth-order valence-electron chi connectivity index (χ4n) is 5.12. The summed E-state index contributed by atoms with van der Waals surface area (Å²) in [5.74, 6) is -0.299. The van der Waals surface area contributed by atoms with Crippen LogP contribution in [0.15, 0.2) is 36.5 Å². The first kappa shape index (κ1) is 24.7. The highest BCUT2D eigenvalue weighted by Crippen LogP contribution is 2.35. The maximum Gasteiger partial charge on any atom is 0.407 e. The number of carboxylic acid groups (broad SMARTS) is 1. The molecule has 2 aliphatic rings. The van der Waals surface area contributed by atoms with Crippen molar-refractivity contribution in [2.45, 2.75) is 31.7 Å². The molecule has 8 nitrogen and oxygen atoms in total. The quantitative estimate of drug-likeness (QED) is 0.668. The summed E-state index contributed by atoms with van der Waals surface area (Å²) in [5, 5.41) is 18.7. The van der Waals surface area contributed by atoms with Crippen LogP contribution in [0.5, 0.6) is 0 Å². The van der Waals surface area contributed by atoms with Crippen molar-refractivity contribution in [1.82, 2.24) is 14.8 Å². The molecule has 2 fully saturated rings. The number of piperidine rings is 1. The van der Waals surface area contributed by atoms with Crippen molar-refractivity contribution >= 4 is 29.4 Å². The molecule has 2 aromatic rings. The van der Waals surface area contributed by atoms with Gasteiger partial charge in [0.1, 0.15) is 17.7 Å². The lowest BCUT2D eigenvalue weighted by atomic mass is 9.93. The van der Waals surface area contributed by atoms with Crippen LogP contribution in [0.1, 0.15) is 36.8 Å². The Morgan fingerprint density at radius 1 is 1.26 bits per heavy atom. The number of hydrogen-bond donors (Lipinski definition) is 1. The van der Waals surface area contributed by atoms with Crippen molar-refractivity contribution in [3.8, 4) is 6.07 Å². The summed E-state index contributed by atoms with van der Waals surface area (Å²) >= 11 is 5.85. The SMILES string of the molecule is CCN(C(=O)O)[C@@H]1CN(C(=O)C2CCN(c3ccc(C#N)cn3)CC2)C[C@H]1c1ccc(Cl)c(F)c1. The third-order valence-electron chi connectivity index (χ3n) is 7.00. The predicted molar refractivity (Wildman–Crippen MR) is 129 cm³/mol. The number of benzene rings is 1. The third kappa shape index (κ3) is 5.17. The van der Waals surface area contributed by atoms with E-state index >= 15 is 0 Å². The zero-order chi connectivity index (χ0) is 25.1. The van der Waals surface area contributed by atoms with E-state index in [2.05, 4.69) is 16.0 Å². The Morgan fingerprint density at radius 2 is 2.00 bits per heavy atom. The number of amides is 2. The molecule has 35 heavy (non-hydrogen) atoms. The van der Waals surface area contributed by atoms with Crippen molar-refractivity contribution in [3.05, 3.63) is 58.5 Å². The minimum atomic E-state index is -1.06. The second kappa shape index (κ2) is 10.5. The highest BCUT2D eigenvalue weighted by molar-refractivity contribution is 6.30. The molecule has 10 heteroatoms. The molecule has 4 rings (SSSR count). The van der Waals surface area contributed by atoms with Crippen molar-refractivity contribution < 1.29 is 19.1 Å². The summed E-state index contributed by atoms with van der Waals surface area (Å²) < 4.78 is 14.2. The Balaban J connectivity index is 1.47. The average Bonchev–Trinajstić information content (AvgIpc) is 3.30. The number of aromatic nitrogens is 1. The van der Waals surface area contributed by atoms with E-state index in [9.17, 15) is 19.1 Å². The summed E-state index contributed by atoms with van der Waals surface area (Å²) in [6, 6.07) is 9.64. The number of anilines is 1. The van der Waals surface area contributed by atoms with Crippen molar-refractivity contribution in [2.24, 2.45) is 5.92 Å². The Bertz CT molecular complexity index is 1130. The fourth-order valence-corrected chi connectivity index (χ4v) is 5.24. The van der Waals surface area contributed by atoms with Crippen molar-refractivity contribution in [2.75, 3.05) is 37.6 Å². The number of nitrogens with zero attached hydrogens (tertiary/aromatic N) is 5. The molecule has 184 valence electrons. The maximum absolute atomic E-state index is 14.2. The lowest BCUT2D eigenvalue weighted by Gasteiger charge is -2.34. The summed E-state index contributed by atoms with van der Waals surface area (Å²) in [5.41, 5.74) is 1.13. The molecule has 0 saturated carbocycles. The Kier molecular flexibility index (Phi) is 7.41. The molecule has 0 unspecified atom stereocenters. The van der Waals surface area contributed by atoms with Crippen LogP contribution in [-0.4, -0.2) is 70.7 Å². The lowest BCUT2D eigenvalue weighted by Crippen LogP contribution is -2.45. The topological polar surface area (TPSA) is 101 Å². The van der Waals surface area contributed by atoms with Gasteiger partial charge in [-0.25, -0.2) is 14.2 Å². The van der Waals surface area contributed by atoms with Gasteiger partial charge < -0.3 is 19.8 Å². The third-order valence-corrected chi connectivity index (χ3v) is 7.31. The van der Waals surface area contributed by atoms with Crippen LogP contribution >= 0.6 is 11.6 Å². The van der Waals surface area contributed by atoms with Crippen LogP contribution in [0.4, 0.5) is 15.0 Å². The van der Waals surface area contributed by atoms with E-state index < -0.39 is 18.0 Å². The average molecular weight is 500 g/mol. The molecule has 0 bridgehead atoms. The van der Waals surface area contributed by atoms with E-state index in [1.807, 2.05) is 6.07 Å². The largest absolute Gasteiger partial charge is 0.465 e. The Labute approximate surface area is 208 Å². The van der Waals surface area contributed by atoms with E-state index in [0.29, 0.717) is 43.6 Å². The van der Waals surface area contributed by atoms with Gasteiger partial charge in [0.15, 0.2) is 0 Å². The smallest absolute Gasteiger partial charge is 0.407 e. The molecule has 2 saturated heterocycles. The van der Waals surface area contributed by atoms with Crippen LogP contribution < -0.4 is 4.90 Å². The number of rotatable bonds is 5. The molecule has 0 spiro atoms. The van der Waals surface area contributed by atoms with Crippen LogP contribution in [0, 0.1) is 23.1 Å². The standard InChI is InChI=1S/C25H27ClFN5O3/c1-2-32(25(34)35)22-15-31(14-19(22)18-4-5-20(26)21(27)11-18)24(33)17-7-9-30(10-8-17)23-6-3-16(12-28)13-29-23/h3-6,11,13,17,19,22H,2,7-10,14-15H2,1H3,(H,34,35)/t19-,22+/m0/s1. The van der Waals surface area contributed by atoms with E-state index in [0.717, 1.165) is 5.82 Å². The first-order valence-corrected chi connectivity index (χ1v) is 12.0. The summed E-state index contributed by atoms with van der Waals surface area (Å²) in [6.07, 6.45) is 1.78. The van der Waals surface area contributed by atoms with Crippen LogP contribution in [0.2, 0.25) is 5.02 Å². The molecule has 1 aromatic heterocycles. The molecule has 0 radical (unpaired) electrons. The van der Waals surface area contributed by atoms with E-state index in [1.165, 1.54) is 17.0 Å². The monoisotopic (exact) mass is 499 g/mol. The molecule has 2 amide bonds. The highest BCUT2D eigenvalue weighted by Gasteiger charge is 2.42. The summed E-state index contributed by atoms with van der Waals surface area (Å²) in [6.45, 7) is 3.94. The maximum atomic E-state index is 14.2. The van der Waals surface area contributed by atoms with Crippen LogP contribution in [0.3, 0.4) is 0 Å². The zero-order valence-electron chi connectivity index (χ0n) is 19.4. The van der Waals surface area contributed by atoms with Gasteiger partial charge in [0.05, 0.1) is 16.6 Å². The molecule has 3 heterocycles. The minimum absolute atomic E-state index is 0.000755. The van der Waals surface area contributed by atoms with E-state index in [4.69, 9.17) is 16.9 Å². The van der Waals surface area contributed by atoms with Gasteiger partial charge in [0.25, 0.3) is 0 Å². The molecule has 2 atom stereocenters. The lowest BCUT2D eigenvalue weighted by molar-refractivity contribution is -0.135. The van der Waals surface area contributed by atoms with Crippen molar-refractivity contribution in [3.63, 3.8) is 0 Å². The molecule has 1 N–H and O–H groups in total. The highest BCUT2D eigenvalue weighted by atomic mass is 35.5. The van der Waals surface area contributed by atoms with Gasteiger partial charge in [-0.15, -0.1) is 0 Å². The van der Waals surface area contributed by atoms with Crippen LogP contribution in [-0.2, 0) is 4.79 Å². The second-order valence-electron chi connectivity index (χ2n) is 8.94. The van der Waals surface area contributed by atoms with Gasteiger partial charge in [-0.1, -0.05) is 17.7 Å². The minimum Gasteiger partial charge on any atom is -0.465 e. The number of likely N-dealkylation sites (tertiary alicyclic amines) is 1. The van der Waals surface area contributed by atoms with Gasteiger partial charge in [-0.05, 0) is 49.6 Å². The normalized spacial score (nSPS) is 20.5. The zero-order valence-corrected chi connectivity index (χ0v) is 20.2. The molecular formula is C25H27ClFN5O3. The van der Waals surface area contributed by atoms with Gasteiger partial charge >= 0.3 is 6.09 Å². The number of carbonyl (C=O) groups is 2. The molecular weight excluding hydrogens is 473 g/mol. The Morgan fingerprint density at radius 3 is 2.57 bits per heavy atom. The number of likely N-dealkylation sites (N-methyl/N-ethyl adjacent to an activating group) is 1. The first-order valence-electron chi connectivity index (χ1n) is 11.7. The number of nitriles is 1.